The number of hydrogen-bond donors (Lipinski definition) is 1. The van der Waals surface area contributed by atoms with E-state index in [4.69, 9.17) is 0 Å². The third-order valence-electron chi connectivity index (χ3n) is 3.89. The van der Waals surface area contributed by atoms with Gasteiger partial charge in [-0.15, -0.1) is 0 Å². The van der Waals surface area contributed by atoms with Crippen LogP contribution in [0.25, 0.3) is 0 Å². The van der Waals surface area contributed by atoms with E-state index in [1.165, 1.54) is 0 Å². The van der Waals surface area contributed by atoms with Crippen molar-refractivity contribution in [2.75, 3.05) is 26.7 Å². The summed E-state index contributed by atoms with van der Waals surface area (Å²) in [6.45, 7) is 4.30. The van der Waals surface area contributed by atoms with Crippen LogP contribution in [-0.4, -0.2) is 53.7 Å². The van der Waals surface area contributed by atoms with Crippen LogP contribution in [0.2, 0.25) is 0 Å². The SMILES string of the molecule is CCN(C)C(=O)N1CC2CCC(O)C2C1. The number of amides is 2. The zero-order chi connectivity index (χ0) is 11.0. The van der Waals surface area contributed by atoms with Gasteiger partial charge in [-0.2, -0.15) is 0 Å². The van der Waals surface area contributed by atoms with Gasteiger partial charge in [-0.3, -0.25) is 0 Å². The average Bonchev–Trinajstić information content (AvgIpc) is 2.79. The molecular weight excluding hydrogens is 192 g/mol. The summed E-state index contributed by atoms with van der Waals surface area (Å²) in [6, 6.07) is 0.110. The molecule has 2 aliphatic rings. The second-order valence-corrected chi connectivity index (χ2v) is 4.77. The number of carbonyl (C=O) groups is 1. The van der Waals surface area contributed by atoms with Gasteiger partial charge in [-0.25, -0.2) is 4.79 Å². The Morgan fingerprint density at radius 2 is 2.20 bits per heavy atom. The molecule has 1 saturated carbocycles. The minimum absolute atomic E-state index is 0.110. The van der Waals surface area contributed by atoms with E-state index in [-0.39, 0.29) is 12.1 Å². The van der Waals surface area contributed by atoms with Crippen molar-refractivity contribution in [1.82, 2.24) is 9.80 Å². The van der Waals surface area contributed by atoms with Crippen LogP contribution in [0.15, 0.2) is 0 Å². The molecule has 1 aliphatic carbocycles. The molecule has 0 aromatic carbocycles. The van der Waals surface area contributed by atoms with Crippen LogP contribution in [-0.2, 0) is 0 Å². The van der Waals surface area contributed by atoms with E-state index in [2.05, 4.69) is 0 Å². The maximum Gasteiger partial charge on any atom is 0.319 e. The van der Waals surface area contributed by atoms with Gasteiger partial charge in [-0.1, -0.05) is 0 Å². The molecule has 4 nitrogen and oxygen atoms in total. The highest BCUT2D eigenvalue weighted by Gasteiger charge is 2.43. The van der Waals surface area contributed by atoms with E-state index >= 15 is 0 Å². The topological polar surface area (TPSA) is 43.8 Å². The normalized spacial score (nSPS) is 34.3. The third kappa shape index (κ3) is 1.83. The van der Waals surface area contributed by atoms with Gasteiger partial charge < -0.3 is 14.9 Å². The summed E-state index contributed by atoms with van der Waals surface area (Å²) in [5.74, 6) is 0.869. The predicted molar refractivity (Wildman–Crippen MR) is 57.5 cm³/mol. The van der Waals surface area contributed by atoms with E-state index in [0.29, 0.717) is 11.8 Å². The average molecular weight is 212 g/mol. The first kappa shape index (κ1) is 10.7. The molecule has 2 rings (SSSR count). The van der Waals surface area contributed by atoms with Crippen LogP contribution in [0, 0.1) is 11.8 Å². The van der Waals surface area contributed by atoms with Crippen molar-refractivity contribution in [3.63, 3.8) is 0 Å². The first-order valence-corrected chi connectivity index (χ1v) is 5.81. The molecule has 1 heterocycles. The lowest BCUT2D eigenvalue weighted by molar-refractivity contribution is 0.122. The van der Waals surface area contributed by atoms with Crippen LogP contribution < -0.4 is 0 Å². The molecular formula is C11H20N2O2. The lowest BCUT2D eigenvalue weighted by Gasteiger charge is -2.24. The van der Waals surface area contributed by atoms with Gasteiger partial charge in [0.1, 0.15) is 0 Å². The van der Waals surface area contributed by atoms with Crippen molar-refractivity contribution >= 4 is 6.03 Å². The lowest BCUT2D eigenvalue weighted by Crippen LogP contribution is -2.40. The number of urea groups is 1. The molecule has 1 saturated heterocycles. The quantitative estimate of drug-likeness (QED) is 0.697. The third-order valence-corrected chi connectivity index (χ3v) is 3.89. The highest BCUT2D eigenvalue weighted by Crippen LogP contribution is 2.38. The number of nitrogens with zero attached hydrogens (tertiary/aromatic N) is 2. The second kappa shape index (κ2) is 4.00. The van der Waals surface area contributed by atoms with Crippen molar-refractivity contribution in [2.24, 2.45) is 11.8 Å². The molecule has 3 unspecified atom stereocenters. The number of fused-ring (bicyclic) bond motifs is 1. The van der Waals surface area contributed by atoms with Gasteiger partial charge in [0.2, 0.25) is 0 Å². The lowest BCUT2D eigenvalue weighted by atomic mass is 10.00. The molecule has 0 aromatic heterocycles. The standard InChI is InChI=1S/C11H20N2O2/c1-3-12(2)11(15)13-6-8-4-5-10(14)9(8)7-13/h8-10,14H,3-7H2,1-2H3. The predicted octanol–water partition coefficient (Wildman–Crippen LogP) is 0.761. The molecule has 0 radical (unpaired) electrons. The Bertz CT molecular complexity index is 257. The van der Waals surface area contributed by atoms with Gasteiger partial charge in [0.05, 0.1) is 6.10 Å². The van der Waals surface area contributed by atoms with Gasteiger partial charge in [0.25, 0.3) is 0 Å². The Balaban J connectivity index is 1.96. The van der Waals surface area contributed by atoms with Crippen molar-refractivity contribution < 1.29 is 9.90 Å². The second-order valence-electron chi connectivity index (χ2n) is 4.77. The van der Waals surface area contributed by atoms with Gasteiger partial charge in [-0.05, 0) is 25.7 Å². The minimum Gasteiger partial charge on any atom is -0.393 e. The zero-order valence-electron chi connectivity index (χ0n) is 9.52. The summed E-state index contributed by atoms with van der Waals surface area (Å²) in [5, 5.41) is 9.74. The van der Waals surface area contributed by atoms with Crippen LogP contribution in [0.4, 0.5) is 4.79 Å². The minimum atomic E-state index is -0.181. The molecule has 15 heavy (non-hydrogen) atoms. The molecule has 86 valence electrons. The number of aliphatic hydroxyl groups is 1. The molecule has 1 aliphatic heterocycles. The summed E-state index contributed by atoms with van der Waals surface area (Å²) in [7, 11) is 1.83. The number of hydrogen-bond acceptors (Lipinski definition) is 2. The summed E-state index contributed by atoms with van der Waals surface area (Å²) >= 11 is 0. The highest BCUT2D eigenvalue weighted by molar-refractivity contribution is 5.74. The maximum absolute atomic E-state index is 11.9. The summed E-state index contributed by atoms with van der Waals surface area (Å²) in [6.07, 6.45) is 1.81. The monoisotopic (exact) mass is 212 g/mol. The Morgan fingerprint density at radius 3 is 2.80 bits per heavy atom. The van der Waals surface area contributed by atoms with Crippen molar-refractivity contribution in [3.05, 3.63) is 0 Å². The number of rotatable bonds is 1. The summed E-state index contributed by atoms with van der Waals surface area (Å²) < 4.78 is 0. The summed E-state index contributed by atoms with van der Waals surface area (Å²) in [5.41, 5.74) is 0. The number of aliphatic hydroxyl groups excluding tert-OH is 1. The van der Waals surface area contributed by atoms with Crippen LogP contribution in [0.3, 0.4) is 0 Å². The fraction of sp³-hybridized carbons (Fsp3) is 0.909. The van der Waals surface area contributed by atoms with Gasteiger partial charge in [0.15, 0.2) is 0 Å². The van der Waals surface area contributed by atoms with Crippen molar-refractivity contribution in [3.8, 4) is 0 Å². The van der Waals surface area contributed by atoms with E-state index in [9.17, 15) is 9.90 Å². The Morgan fingerprint density at radius 1 is 1.47 bits per heavy atom. The van der Waals surface area contributed by atoms with E-state index in [1.807, 2.05) is 18.9 Å². The van der Waals surface area contributed by atoms with Crippen molar-refractivity contribution in [1.29, 1.82) is 0 Å². The Labute approximate surface area is 90.9 Å². The molecule has 2 amide bonds. The van der Waals surface area contributed by atoms with E-state index in [0.717, 1.165) is 32.5 Å². The van der Waals surface area contributed by atoms with Crippen LogP contribution in [0.5, 0.6) is 0 Å². The Hall–Kier alpha value is -0.770. The molecule has 0 bridgehead atoms. The largest absolute Gasteiger partial charge is 0.393 e. The number of likely N-dealkylation sites (tertiary alicyclic amines) is 1. The summed E-state index contributed by atoms with van der Waals surface area (Å²) in [4.78, 5) is 15.5. The fourth-order valence-electron chi connectivity index (χ4n) is 2.77. The molecule has 0 aromatic rings. The van der Waals surface area contributed by atoms with E-state index < -0.39 is 0 Å². The van der Waals surface area contributed by atoms with E-state index in [1.54, 1.807) is 4.90 Å². The molecule has 4 heteroatoms. The Kier molecular flexibility index (Phi) is 2.87. The van der Waals surface area contributed by atoms with Crippen LogP contribution >= 0.6 is 0 Å². The van der Waals surface area contributed by atoms with Gasteiger partial charge >= 0.3 is 6.03 Å². The smallest absolute Gasteiger partial charge is 0.319 e. The molecule has 2 fully saturated rings. The van der Waals surface area contributed by atoms with Gasteiger partial charge in [0, 0.05) is 32.6 Å². The molecule has 0 spiro atoms. The zero-order valence-corrected chi connectivity index (χ0v) is 9.52. The molecule has 1 N–H and O–H groups in total. The molecule has 3 atom stereocenters. The fourth-order valence-corrected chi connectivity index (χ4v) is 2.77. The number of carbonyl (C=O) groups excluding carboxylic acids is 1. The van der Waals surface area contributed by atoms with Crippen LogP contribution in [0.1, 0.15) is 19.8 Å². The first-order chi connectivity index (χ1) is 7.13. The maximum atomic E-state index is 11.9. The first-order valence-electron chi connectivity index (χ1n) is 5.81. The van der Waals surface area contributed by atoms with Crippen molar-refractivity contribution in [2.45, 2.75) is 25.9 Å². The highest BCUT2D eigenvalue weighted by atomic mass is 16.3.